The maximum absolute atomic E-state index is 13.3. The minimum Gasteiger partial charge on any atom is -0.503 e. The van der Waals surface area contributed by atoms with Crippen LogP contribution in [0, 0.1) is 5.41 Å². The number of nitrogens with one attached hydrogen (secondary N) is 1. The van der Waals surface area contributed by atoms with E-state index in [9.17, 15) is 19.5 Å². The number of benzene rings is 2. The van der Waals surface area contributed by atoms with Crippen molar-refractivity contribution in [3.63, 3.8) is 0 Å². The molecule has 0 radical (unpaired) electrons. The maximum atomic E-state index is 13.3. The van der Waals surface area contributed by atoms with E-state index in [1.807, 2.05) is 0 Å². The number of hydrogen-bond donors (Lipinski definition) is 2. The first-order valence-electron chi connectivity index (χ1n) is 9.88. The molecule has 0 aromatic heterocycles. The molecule has 7 nitrogen and oxygen atoms in total. The maximum Gasteiger partial charge on any atom is 0.294 e. The summed E-state index contributed by atoms with van der Waals surface area (Å²) in [6.45, 7) is 6.63. The van der Waals surface area contributed by atoms with Crippen LogP contribution >= 0.6 is 0 Å². The van der Waals surface area contributed by atoms with Crippen LogP contribution in [0.5, 0.6) is 5.75 Å². The average Bonchev–Trinajstić information content (AvgIpc) is 2.97. The fraction of sp³-hybridized carbons (Fsp3) is 0.292. The number of methoxy groups -OCH3 is 1. The Morgan fingerprint density at radius 3 is 2.23 bits per heavy atom. The minimum atomic E-state index is -0.859. The fourth-order valence-electron chi connectivity index (χ4n) is 3.60. The normalized spacial score (nSPS) is 16.5. The summed E-state index contributed by atoms with van der Waals surface area (Å²) in [7, 11) is 1.51. The molecule has 1 unspecified atom stereocenters. The first kappa shape index (κ1) is 22.1. The Morgan fingerprint density at radius 2 is 1.68 bits per heavy atom. The van der Waals surface area contributed by atoms with Gasteiger partial charge in [0.2, 0.25) is 5.91 Å². The molecule has 2 amide bonds. The van der Waals surface area contributed by atoms with Gasteiger partial charge in [0.05, 0.1) is 18.7 Å². The number of carbonyl (C=O) groups excluding carboxylic acids is 3. The second kappa shape index (κ2) is 8.26. The first-order chi connectivity index (χ1) is 14.6. The number of hydrogen-bond acceptors (Lipinski definition) is 5. The molecular formula is C24H26N2O5. The van der Waals surface area contributed by atoms with Crippen LogP contribution in [0.2, 0.25) is 0 Å². The Hall–Kier alpha value is -3.61. The van der Waals surface area contributed by atoms with E-state index in [0.29, 0.717) is 22.7 Å². The third-order valence-electron chi connectivity index (χ3n) is 5.03. The van der Waals surface area contributed by atoms with Gasteiger partial charge in [0.25, 0.3) is 5.91 Å². The second-order valence-corrected chi connectivity index (χ2v) is 8.39. The van der Waals surface area contributed by atoms with Gasteiger partial charge in [-0.15, -0.1) is 0 Å². The lowest BCUT2D eigenvalue weighted by molar-refractivity contribution is -0.123. The second-order valence-electron chi connectivity index (χ2n) is 8.39. The van der Waals surface area contributed by atoms with Gasteiger partial charge in [-0.25, -0.2) is 0 Å². The van der Waals surface area contributed by atoms with Crippen molar-refractivity contribution >= 4 is 29.0 Å². The molecule has 1 heterocycles. The zero-order valence-corrected chi connectivity index (χ0v) is 18.2. The molecule has 0 spiro atoms. The van der Waals surface area contributed by atoms with Crippen molar-refractivity contribution < 1.29 is 24.2 Å². The lowest BCUT2D eigenvalue weighted by Gasteiger charge is -2.30. The van der Waals surface area contributed by atoms with Gasteiger partial charge in [0.15, 0.2) is 11.5 Å². The Kier molecular flexibility index (Phi) is 5.88. The predicted molar refractivity (Wildman–Crippen MR) is 118 cm³/mol. The molecule has 1 aliphatic heterocycles. The van der Waals surface area contributed by atoms with E-state index in [-0.39, 0.29) is 17.3 Å². The van der Waals surface area contributed by atoms with Crippen molar-refractivity contribution in [2.75, 3.05) is 17.3 Å². The van der Waals surface area contributed by atoms with Crippen LogP contribution in [-0.2, 0) is 14.4 Å². The Morgan fingerprint density at radius 1 is 1.06 bits per heavy atom. The number of aliphatic hydroxyl groups excluding tert-OH is 1. The zero-order valence-electron chi connectivity index (χ0n) is 18.2. The van der Waals surface area contributed by atoms with Gasteiger partial charge in [0, 0.05) is 29.3 Å². The molecule has 2 aromatic rings. The van der Waals surface area contributed by atoms with Crippen LogP contribution in [0.15, 0.2) is 59.9 Å². The first-order valence-corrected chi connectivity index (χ1v) is 9.88. The summed E-state index contributed by atoms with van der Waals surface area (Å²) >= 11 is 0. The molecule has 0 bridgehead atoms. The van der Waals surface area contributed by atoms with Crippen LogP contribution in [0.3, 0.4) is 0 Å². The van der Waals surface area contributed by atoms with Gasteiger partial charge in [-0.3, -0.25) is 19.3 Å². The molecule has 0 saturated carbocycles. The summed E-state index contributed by atoms with van der Waals surface area (Å²) in [5.41, 5.74) is 0.849. The summed E-state index contributed by atoms with van der Waals surface area (Å²) < 4.78 is 5.49. The van der Waals surface area contributed by atoms with Gasteiger partial charge in [-0.05, 0) is 30.3 Å². The van der Waals surface area contributed by atoms with Gasteiger partial charge >= 0.3 is 0 Å². The van der Waals surface area contributed by atoms with E-state index in [1.165, 1.54) is 18.9 Å². The topological polar surface area (TPSA) is 95.9 Å². The molecular weight excluding hydrogens is 396 g/mol. The minimum absolute atomic E-state index is 0.0351. The van der Waals surface area contributed by atoms with Crippen molar-refractivity contribution in [3.05, 3.63) is 65.4 Å². The van der Waals surface area contributed by atoms with E-state index >= 15 is 0 Å². The highest BCUT2D eigenvalue weighted by molar-refractivity contribution is 6.17. The number of para-hydroxylation sites is 1. The summed E-state index contributed by atoms with van der Waals surface area (Å²) in [5, 5.41) is 13.4. The van der Waals surface area contributed by atoms with Crippen molar-refractivity contribution in [2.24, 2.45) is 5.41 Å². The van der Waals surface area contributed by atoms with E-state index in [4.69, 9.17) is 4.74 Å². The molecule has 0 aliphatic carbocycles. The van der Waals surface area contributed by atoms with Crippen LogP contribution < -0.4 is 15.0 Å². The summed E-state index contributed by atoms with van der Waals surface area (Å²) in [5.74, 6) is -1.28. The summed E-state index contributed by atoms with van der Waals surface area (Å²) in [6, 6.07) is 12.9. The molecule has 1 atom stereocenters. The largest absolute Gasteiger partial charge is 0.503 e. The van der Waals surface area contributed by atoms with Crippen molar-refractivity contribution in [3.8, 4) is 5.75 Å². The highest BCUT2D eigenvalue weighted by Crippen LogP contribution is 2.45. The lowest BCUT2D eigenvalue weighted by Crippen LogP contribution is -2.33. The van der Waals surface area contributed by atoms with Gasteiger partial charge in [0.1, 0.15) is 5.75 Å². The van der Waals surface area contributed by atoms with Crippen LogP contribution in [-0.4, -0.2) is 29.8 Å². The molecule has 162 valence electrons. The highest BCUT2D eigenvalue weighted by atomic mass is 16.5. The number of anilines is 2. The zero-order chi connectivity index (χ0) is 22.9. The molecule has 0 fully saturated rings. The number of ketones is 1. The Labute approximate surface area is 181 Å². The number of rotatable bonds is 5. The molecule has 2 aromatic carbocycles. The standard InChI is InChI=1S/C24H26N2O5/c1-14(27)25-15-10-12-16(13-11-15)26-20(17-8-6-7-9-18(17)31-5)19(21(28)23(26)30)22(29)24(2,3)4/h6-13,20,28H,1-5H3,(H,25,27). The molecule has 31 heavy (non-hydrogen) atoms. The van der Waals surface area contributed by atoms with Crippen LogP contribution in [0.4, 0.5) is 11.4 Å². The number of nitrogens with zero attached hydrogens (tertiary/aromatic N) is 1. The van der Waals surface area contributed by atoms with Gasteiger partial charge < -0.3 is 15.2 Å². The third-order valence-corrected chi connectivity index (χ3v) is 5.03. The van der Waals surface area contributed by atoms with E-state index in [1.54, 1.807) is 69.3 Å². The van der Waals surface area contributed by atoms with Crippen LogP contribution in [0.1, 0.15) is 39.3 Å². The molecule has 7 heteroatoms. The van der Waals surface area contributed by atoms with E-state index in [0.717, 1.165) is 0 Å². The number of ether oxygens (including phenoxy) is 1. The molecule has 3 rings (SSSR count). The number of amides is 2. The van der Waals surface area contributed by atoms with Crippen molar-refractivity contribution in [1.29, 1.82) is 0 Å². The number of Topliss-reactive ketones (excluding diaryl/α,β-unsaturated/α-hetero) is 1. The van der Waals surface area contributed by atoms with Gasteiger partial charge in [-0.2, -0.15) is 0 Å². The molecule has 0 saturated heterocycles. The summed E-state index contributed by atoms with van der Waals surface area (Å²) in [4.78, 5) is 39.1. The van der Waals surface area contributed by atoms with Crippen LogP contribution in [0.25, 0.3) is 0 Å². The monoisotopic (exact) mass is 422 g/mol. The fourth-order valence-corrected chi connectivity index (χ4v) is 3.60. The Bertz CT molecular complexity index is 1060. The van der Waals surface area contributed by atoms with Crippen molar-refractivity contribution in [1.82, 2.24) is 0 Å². The quantitative estimate of drug-likeness (QED) is 0.754. The van der Waals surface area contributed by atoms with E-state index in [2.05, 4.69) is 5.32 Å². The SMILES string of the molecule is COc1ccccc1C1C(C(=O)C(C)(C)C)=C(O)C(=O)N1c1ccc(NC(C)=O)cc1. The number of carbonyl (C=O) groups is 3. The predicted octanol–water partition coefficient (Wildman–Crippen LogP) is 4.17. The highest BCUT2D eigenvalue weighted by Gasteiger charge is 2.47. The summed E-state index contributed by atoms with van der Waals surface area (Å²) in [6.07, 6.45) is 0. The van der Waals surface area contributed by atoms with Crippen molar-refractivity contribution in [2.45, 2.75) is 33.7 Å². The molecule has 1 aliphatic rings. The van der Waals surface area contributed by atoms with E-state index < -0.39 is 23.1 Å². The Balaban J connectivity index is 2.17. The van der Waals surface area contributed by atoms with Gasteiger partial charge in [-0.1, -0.05) is 39.0 Å². The smallest absolute Gasteiger partial charge is 0.294 e. The average molecular weight is 422 g/mol. The lowest BCUT2D eigenvalue weighted by atomic mass is 9.82. The third kappa shape index (κ3) is 4.17. The number of aliphatic hydroxyl groups is 1. The molecule has 2 N–H and O–H groups in total.